The average molecular weight is 453 g/mol. The second-order valence-electron chi connectivity index (χ2n) is 10.6. The van der Waals surface area contributed by atoms with Crippen molar-refractivity contribution in [1.82, 2.24) is 15.0 Å². The lowest BCUT2D eigenvalue weighted by molar-refractivity contribution is -0.137. The van der Waals surface area contributed by atoms with Gasteiger partial charge in [-0.15, -0.1) is 5.10 Å². The lowest BCUT2D eigenvalue weighted by Gasteiger charge is -2.37. The van der Waals surface area contributed by atoms with E-state index in [1.165, 1.54) is 6.42 Å². The molecule has 0 radical (unpaired) electrons. The Bertz CT molecular complexity index is 1020. The summed E-state index contributed by atoms with van der Waals surface area (Å²) in [4.78, 5) is 24.6. The summed E-state index contributed by atoms with van der Waals surface area (Å²) in [6, 6.07) is 6.22. The molecule has 2 saturated carbocycles. The maximum Gasteiger partial charge on any atom is 0.304 e. The zero-order valence-electron chi connectivity index (χ0n) is 20.2. The van der Waals surface area contributed by atoms with Crippen molar-refractivity contribution in [3.05, 3.63) is 40.7 Å². The quantitative estimate of drug-likeness (QED) is 0.506. The van der Waals surface area contributed by atoms with Crippen molar-refractivity contribution in [1.29, 1.82) is 0 Å². The molecule has 2 fully saturated rings. The molecule has 1 aromatic heterocycles. The monoisotopic (exact) mass is 452 g/mol. The van der Waals surface area contributed by atoms with Crippen LogP contribution < -0.4 is 5.32 Å². The van der Waals surface area contributed by atoms with Gasteiger partial charge in [0.25, 0.3) is 0 Å². The number of rotatable bonds is 10. The molecule has 1 amide bonds. The van der Waals surface area contributed by atoms with Crippen LogP contribution in [0.1, 0.15) is 99.2 Å². The highest BCUT2D eigenvalue weighted by Crippen LogP contribution is 2.48. The summed E-state index contributed by atoms with van der Waals surface area (Å²) in [6.07, 6.45) is 5.57. The molecule has 2 N–H and O–H groups in total. The van der Waals surface area contributed by atoms with Gasteiger partial charge in [0.1, 0.15) is 0 Å². The molecule has 2 aliphatic rings. The predicted octanol–water partition coefficient (Wildman–Crippen LogP) is 5.36. The highest BCUT2D eigenvalue weighted by atomic mass is 16.4. The molecule has 7 nitrogen and oxygen atoms in total. The normalized spacial score (nSPS) is 21.0. The average Bonchev–Trinajstić information content (AvgIpc) is 3.44. The molecule has 2 aliphatic carbocycles. The minimum absolute atomic E-state index is 0.0820. The number of amides is 1. The standard InChI is InChI=1S/C26H36N4O3/c1-15(2)9-18-11-21(12-18)30-26(19-6-7-19)25(28-29-30)20(14-24(32)33)13-23(31)27-22-8-5-16(3)10-17(22)4/h5,8,10,15,18-21H,6-7,9,11-14H2,1-4H3,(H,27,31)(H,32,33)/t18-,20-,21-/m0/s1. The number of aromatic nitrogens is 3. The van der Waals surface area contributed by atoms with Crippen molar-refractivity contribution in [2.24, 2.45) is 11.8 Å². The van der Waals surface area contributed by atoms with E-state index in [0.717, 1.165) is 54.1 Å². The van der Waals surface area contributed by atoms with Gasteiger partial charge in [-0.1, -0.05) is 36.8 Å². The number of carboxylic acid groups (broad SMARTS) is 1. The van der Waals surface area contributed by atoms with E-state index in [0.29, 0.717) is 23.6 Å². The molecule has 1 heterocycles. The Labute approximate surface area is 196 Å². The molecule has 0 bridgehead atoms. The molecule has 2 aromatic rings. The second kappa shape index (κ2) is 9.65. The Morgan fingerprint density at radius 3 is 2.52 bits per heavy atom. The number of carboxylic acids is 1. The molecule has 7 heteroatoms. The van der Waals surface area contributed by atoms with Gasteiger partial charge in [0.2, 0.25) is 5.91 Å². The number of nitrogens with zero attached hydrogens (tertiary/aromatic N) is 3. The van der Waals surface area contributed by atoms with Crippen LogP contribution in [0.3, 0.4) is 0 Å². The molecule has 0 saturated heterocycles. The Hall–Kier alpha value is -2.70. The summed E-state index contributed by atoms with van der Waals surface area (Å²) in [7, 11) is 0. The minimum Gasteiger partial charge on any atom is -0.481 e. The van der Waals surface area contributed by atoms with E-state index in [9.17, 15) is 14.7 Å². The number of anilines is 1. The van der Waals surface area contributed by atoms with Gasteiger partial charge in [-0.3, -0.25) is 9.59 Å². The lowest BCUT2D eigenvalue weighted by Crippen LogP contribution is -2.29. The van der Waals surface area contributed by atoms with E-state index in [4.69, 9.17) is 0 Å². The SMILES string of the molecule is Cc1ccc(NC(=O)C[C@@H](CC(=O)O)c2nnn([C@H]3C[C@H](CC(C)C)C3)c2C2CC2)c(C)c1. The van der Waals surface area contributed by atoms with Crippen LogP contribution in [0.25, 0.3) is 0 Å². The fourth-order valence-corrected chi connectivity index (χ4v) is 5.24. The Kier molecular flexibility index (Phi) is 6.86. The minimum atomic E-state index is -0.920. The number of aliphatic carboxylic acids is 1. The van der Waals surface area contributed by atoms with Crippen LogP contribution >= 0.6 is 0 Å². The van der Waals surface area contributed by atoms with Crippen molar-refractivity contribution in [2.45, 2.75) is 90.5 Å². The van der Waals surface area contributed by atoms with E-state index in [-0.39, 0.29) is 18.7 Å². The molecule has 1 atom stereocenters. The Balaban J connectivity index is 1.52. The van der Waals surface area contributed by atoms with Gasteiger partial charge in [-0.2, -0.15) is 0 Å². The molecule has 33 heavy (non-hydrogen) atoms. The van der Waals surface area contributed by atoms with Gasteiger partial charge >= 0.3 is 5.97 Å². The molecular weight excluding hydrogens is 416 g/mol. The zero-order valence-corrected chi connectivity index (χ0v) is 20.2. The smallest absolute Gasteiger partial charge is 0.304 e. The van der Waals surface area contributed by atoms with Crippen LogP contribution in [0.2, 0.25) is 0 Å². The number of benzene rings is 1. The highest BCUT2D eigenvalue weighted by molar-refractivity contribution is 5.92. The summed E-state index contributed by atoms with van der Waals surface area (Å²) in [6.45, 7) is 8.49. The van der Waals surface area contributed by atoms with Crippen molar-refractivity contribution in [3.8, 4) is 0 Å². The van der Waals surface area contributed by atoms with Gasteiger partial charge in [0.15, 0.2) is 0 Å². The van der Waals surface area contributed by atoms with Crippen molar-refractivity contribution in [2.75, 3.05) is 5.32 Å². The van der Waals surface area contributed by atoms with Gasteiger partial charge in [-0.05, 0) is 69.4 Å². The van der Waals surface area contributed by atoms with Crippen molar-refractivity contribution < 1.29 is 14.7 Å². The molecule has 0 unspecified atom stereocenters. The summed E-state index contributed by atoms with van der Waals surface area (Å²) in [5.74, 6) is 0.220. The number of nitrogens with one attached hydrogen (secondary N) is 1. The first-order valence-electron chi connectivity index (χ1n) is 12.2. The largest absolute Gasteiger partial charge is 0.481 e. The van der Waals surface area contributed by atoms with Crippen LogP contribution in [0.5, 0.6) is 0 Å². The number of hydrogen-bond donors (Lipinski definition) is 2. The van der Waals surface area contributed by atoms with Crippen molar-refractivity contribution >= 4 is 17.6 Å². The predicted molar refractivity (Wildman–Crippen MR) is 127 cm³/mol. The molecule has 0 aliphatic heterocycles. The molecule has 4 rings (SSSR count). The lowest BCUT2D eigenvalue weighted by atomic mass is 9.75. The molecular formula is C26H36N4O3. The van der Waals surface area contributed by atoms with Crippen LogP contribution in [0, 0.1) is 25.7 Å². The van der Waals surface area contributed by atoms with E-state index in [1.807, 2.05) is 32.0 Å². The van der Waals surface area contributed by atoms with Crippen LogP contribution in [0.4, 0.5) is 5.69 Å². The number of carbonyl (C=O) groups excluding carboxylic acids is 1. The van der Waals surface area contributed by atoms with Gasteiger partial charge in [-0.25, -0.2) is 4.68 Å². The fraction of sp³-hybridized carbons (Fsp3) is 0.615. The third-order valence-corrected chi connectivity index (χ3v) is 6.98. The summed E-state index contributed by atoms with van der Waals surface area (Å²) in [5.41, 5.74) is 4.67. The van der Waals surface area contributed by atoms with Gasteiger partial charge in [0.05, 0.1) is 23.9 Å². The van der Waals surface area contributed by atoms with Crippen LogP contribution in [0.15, 0.2) is 18.2 Å². The number of carbonyl (C=O) groups is 2. The summed E-state index contributed by atoms with van der Waals surface area (Å²) >= 11 is 0. The molecule has 0 spiro atoms. The maximum absolute atomic E-state index is 12.9. The fourth-order valence-electron chi connectivity index (χ4n) is 5.24. The van der Waals surface area contributed by atoms with Gasteiger partial charge in [0, 0.05) is 23.9 Å². The maximum atomic E-state index is 12.9. The van der Waals surface area contributed by atoms with E-state index in [2.05, 4.69) is 34.2 Å². The first kappa shape index (κ1) is 23.5. The third kappa shape index (κ3) is 5.63. The van der Waals surface area contributed by atoms with Gasteiger partial charge < -0.3 is 10.4 Å². The Morgan fingerprint density at radius 2 is 1.91 bits per heavy atom. The molecule has 1 aromatic carbocycles. The third-order valence-electron chi connectivity index (χ3n) is 6.98. The number of hydrogen-bond acceptors (Lipinski definition) is 4. The first-order valence-corrected chi connectivity index (χ1v) is 12.2. The Morgan fingerprint density at radius 1 is 1.18 bits per heavy atom. The van der Waals surface area contributed by atoms with E-state index >= 15 is 0 Å². The highest BCUT2D eigenvalue weighted by Gasteiger charge is 2.40. The van der Waals surface area contributed by atoms with Crippen molar-refractivity contribution in [3.63, 3.8) is 0 Å². The van der Waals surface area contributed by atoms with E-state index < -0.39 is 11.9 Å². The zero-order chi connectivity index (χ0) is 23.7. The van der Waals surface area contributed by atoms with Crippen LogP contribution in [-0.4, -0.2) is 32.0 Å². The first-order chi connectivity index (χ1) is 15.7. The summed E-state index contributed by atoms with van der Waals surface area (Å²) in [5, 5.41) is 21.5. The second-order valence-corrected chi connectivity index (χ2v) is 10.6. The summed E-state index contributed by atoms with van der Waals surface area (Å²) < 4.78 is 2.07. The van der Waals surface area contributed by atoms with Crippen LogP contribution in [-0.2, 0) is 9.59 Å². The topological polar surface area (TPSA) is 97.1 Å². The molecule has 178 valence electrons. The van der Waals surface area contributed by atoms with E-state index in [1.54, 1.807) is 0 Å². The number of aryl methyl sites for hydroxylation is 2.